The molecule has 3 N–H and O–H groups in total. The van der Waals surface area contributed by atoms with E-state index in [4.69, 9.17) is 10.00 Å². The van der Waals surface area contributed by atoms with Gasteiger partial charge in [-0.05, 0) is 42.8 Å². The number of nitriles is 1. The standard InChI is InChI=1S/C19H18N4O4/c1-12(14-5-8-16(24)17(11-14)27-2)22-23-19(26)18(25)21-15-6-3-13(4-7-15)9-10-20/h3-8,11,24H,9H2,1-2H3,(H,21,25)(H,23,26). The van der Waals surface area contributed by atoms with Gasteiger partial charge in [0, 0.05) is 11.3 Å². The highest BCUT2D eigenvalue weighted by molar-refractivity contribution is 6.39. The van der Waals surface area contributed by atoms with Crippen LogP contribution in [0.5, 0.6) is 11.5 Å². The maximum atomic E-state index is 11.9. The Kier molecular flexibility index (Phi) is 6.49. The Morgan fingerprint density at radius 2 is 1.89 bits per heavy atom. The molecule has 0 aromatic heterocycles. The van der Waals surface area contributed by atoms with E-state index in [1.807, 2.05) is 6.07 Å². The van der Waals surface area contributed by atoms with Crippen LogP contribution in [0.2, 0.25) is 0 Å². The van der Waals surface area contributed by atoms with Gasteiger partial charge in [-0.15, -0.1) is 0 Å². The van der Waals surface area contributed by atoms with Crippen LogP contribution in [0.1, 0.15) is 18.1 Å². The highest BCUT2D eigenvalue weighted by atomic mass is 16.5. The number of ether oxygens (including phenoxy) is 1. The molecule has 0 aliphatic rings. The molecule has 138 valence electrons. The number of rotatable bonds is 5. The number of hydrogen-bond donors (Lipinski definition) is 3. The number of anilines is 1. The summed E-state index contributed by atoms with van der Waals surface area (Å²) in [6.07, 6.45) is 0.269. The zero-order valence-electron chi connectivity index (χ0n) is 14.8. The Labute approximate surface area is 156 Å². The molecular formula is C19H18N4O4. The van der Waals surface area contributed by atoms with Gasteiger partial charge in [-0.2, -0.15) is 10.4 Å². The minimum atomic E-state index is -0.929. The Morgan fingerprint density at radius 3 is 2.52 bits per heavy atom. The fraction of sp³-hybridized carbons (Fsp3) is 0.158. The Balaban J connectivity index is 1.98. The summed E-state index contributed by atoms with van der Waals surface area (Å²) < 4.78 is 5.02. The first-order chi connectivity index (χ1) is 12.9. The molecule has 0 spiro atoms. The van der Waals surface area contributed by atoms with Crippen LogP contribution >= 0.6 is 0 Å². The molecule has 0 atom stereocenters. The number of hydrazone groups is 1. The van der Waals surface area contributed by atoms with E-state index in [0.717, 1.165) is 5.56 Å². The first-order valence-corrected chi connectivity index (χ1v) is 7.93. The van der Waals surface area contributed by atoms with Crippen molar-refractivity contribution in [2.45, 2.75) is 13.3 Å². The van der Waals surface area contributed by atoms with Gasteiger partial charge in [0.25, 0.3) is 0 Å². The molecule has 0 radical (unpaired) electrons. The van der Waals surface area contributed by atoms with Crippen molar-refractivity contribution in [3.8, 4) is 17.6 Å². The van der Waals surface area contributed by atoms with Gasteiger partial charge in [-0.25, -0.2) is 5.43 Å². The van der Waals surface area contributed by atoms with Gasteiger partial charge in [-0.3, -0.25) is 9.59 Å². The summed E-state index contributed by atoms with van der Waals surface area (Å²) in [7, 11) is 1.42. The van der Waals surface area contributed by atoms with Gasteiger partial charge < -0.3 is 15.2 Å². The zero-order chi connectivity index (χ0) is 19.8. The average Bonchev–Trinajstić information content (AvgIpc) is 2.67. The molecule has 0 unspecified atom stereocenters. The molecule has 0 aliphatic heterocycles. The van der Waals surface area contributed by atoms with E-state index in [1.54, 1.807) is 43.3 Å². The van der Waals surface area contributed by atoms with Crippen molar-refractivity contribution in [1.29, 1.82) is 5.26 Å². The van der Waals surface area contributed by atoms with Crippen LogP contribution in [0.15, 0.2) is 47.6 Å². The van der Waals surface area contributed by atoms with E-state index in [9.17, 15) is 14.7 Å². The van der Waals surface area contributed by atoms with E-state index in [2.05, 4.69) is 15.8 Å². The highest BCUT2D eigenvalue weighted by Crippen LogP contribution is 2.26. The molecule has 2 aromatic rings. The number of phenolic OH excluding ortho intramolecular Hbond substituents is 1. The first-order valence-electron chi connectivity index (χ1n) is 7.93. The summed E-state index contributed by atoms with van der Waals surface area (Å²) >= 11 is 0. The van der Waals surface area contributed by atoms with Crippen molar-refractivity contribution < 1.29 is 19.4 Å². The minimum Gasteiger partial charge on any atom is -0.504 e. The number of carbonyl (C=O) groups excluding carboxylic acids is 2. The van der Waals surface area contributed by atoms with Crippen LogP contribution < -0.4 is 15.5 Å². The lowest BCUT2D eigenvalue weighted by atomic mass is 10.1. The summed E-state index contributed by atoms with van der Waals surface area (Å²) in [5.41, 5.74) is 4.45. The predicted octanol–water partition coefficient (Wildman–Crippen LogP) is 1.95. The van der Waals surface area contributed by atoms with Crippen molar-refractivity contribution >= 4 is 23.2 Å². The second-order valence-electron chi connectivity index (χ2n) is 5.51. The van der Waals surface area contributed by atoms with E-state index < -0.39 is 11.8 Å². The third kappa shape index (κ3) is 5.31. The smallest absolute Gasteiger partial charge is 0.329 e. The minimum absolute atomic E-state index is 0.0155. The monoisotopic (exact) mass is 366 g/mol. The van der Waals surface area contributed by atoms with Crippen LogP contribution in [0.25, 0.3) is 0 Å². The zero-order valence-corrected chi connectivity index (χ0v) is 14.8. The quantitative estimate of drug-likeness (QED) is 0.424. The van der Waals surface area contributed by atoms with Crippen LogP contribution in [0, 0.1) is 11.3 Å². The number of amides is 2. The van der Waals surface area contributed by atoms with Crippen molar-refractivity contribution in [3.63, 3.8) is 0 Å². The third-order valence-electron chi connectivity index (χ3n) is 3.62. The van der Waals surface area contributed by atoms with Crippen molar-refractivity contribution in [2.24, 2.45) is 5.10 Å². The Bertz CT molecular complexity index is 914. The fourth-order valence-corrected chi connectivity index (χ4v) is 2.14. The van der Waals surface area contributed by atoms with Gasteiger partial charge >= 0.3 is 11.8 Å². The SMILES string of the molecule is COc1cc(C(C)=NNC(=O)C(=O)Nc2ccc(CC#N)cc2)ccc1O. The topological polar surface area (TPSA) is 124 Å². The maximum Gasteiger partial charge on any atom is 0.329 e. The Hall–Kier alpha value is -3.86. The lowest BCUT2D eigenvalue weighted by Crippen LogP contribution is -2.32. The number of carbonyl (C=O) groups is 2. The largest absolute Gasteiger partial charge is 0.504 e. The summed E-state index contributed by atoms with van der Waals surface area (Å²) in [6, 6.07) is 13.2. The summed E-state index contributed by atoms with van der Waals surface area (Å²) in [5.74, 6) is -1.55. The Morgan fingerprint density at radius 1 is 1.19 bits per heavy atom. The number of aromatic hydroxyl groups is 1. The fourth-order valence-electron chi connectivity index (χ4n) is 2.14. The van der Waals surface area contributed by atoms with Crippen molar-refractivity contribution in [1.82, 2.24) is 5.43 Å². The van der Waals surface area contributed by atoms with Gasteiger partial charge in [0.05, 0.1) is 25.3 Å². The van der Waals surface area contributed by atoms with Gasteiger partial charge in [-0.1, -0.05) is 12.1 Å². The molecular weight excluding hydrogens is 348 g/mol. The average molecular weight is 366 g/mol. The molecule has 0 bridgehead atoms. The molecule has 2 amide bonds. The van der Waals surface area contributed by atoms with Gasteiger partial charge in [0.2, 0.25) is 0 Å². The molecule has 0 heterocycles. The number of nitrogens with one attached hydrogen (secondary N) is 2. The van der Waals surface area contributed by atoms with Crippen LogP contribution in [-0.4, -0.2) is 29.7 Å². The van der Waals surface area contributed by atoms with E-state index in [1.165, 1.54) is 13.2 Å². The van der Waals surface area contributed by atoms with Crippen LogP contribution in [0.3, 0.4) is 0 Å². The second kappa shape index (κ2) is 9.01. The maximum absolute atomic E-state index is 11.9. The predicted molar refractivity (Wildman–Crippen MR) is 99.4 cm³/mol. The van der Waals surface area contributed by atoms with Gasteiger partial charge in [0.1, 0.15) is 0 Å². The number of methoxy groups -OCH3 is 1. The number of nitrogens with zero attached hydrogens (tertiary/aromatic N) is 2. The number of benzene rings is 2. The van der Waals surface area contributed by atoms with Crippen molar-refractivity contribution in [3.05, 3.63) is 53.6 Å². The lowest BCUT2D eigenvalue weighted by molar-refractivity contribution is -0.136. The van der Waals surface area contributed by atoms with E-state index in [0.29, 0.717) is 17.0 Å². The summed E-state index contributed by atoms with van der Waals surface area (Å²) in [6.45, 7) is 1.64. The molecule has 27 heavy (non-hydrogen) atoms. The van der Waals surface area contributed by atoms with Crippen molar-refractivity contribution in [2.75, 3.05) is 12.4 Å². The summed E-state index contributed by atoms with van der Waals surface area (Å²) in [5, 5.41) is 24.6. The van der Waals surface area contributed by atoms with Crippen LogP contribution in [0.4, 0.5) is 5.69 Å². The third-order valence-corrected chi connectivity index (χ3v) is 3.62. The molecule has 8 nitrogen and oxygen atoms in total. The number of hydrogen-bond acceptors (Lipinski definition) is 6. The normalized spacial score (nSPS) is 10.6. The number of phenols is 1. The lowest BCUT2D eigenvalue weighted by Gasteiger charge is -2.07. The molecule has 8 heteroatoms. The molecule has 2 rings (SSSR count). The second-order valence-corrected chi connectivity index (χ2v) is 5.51. The molecule has 0 fully saturated rings. The molecule has 0 saturated carbocycles. The van der Waals surface area contributed by atoms with E-state index in [-0.39, 0.29) is 17.9 Å². The van der Waals surface area contributed by atoms with Gasteiger partial charge in [0.15, 0.2) is 11.5 Å². The molecule has 2 aromatic carbocycles. The highest BCUT2D eigenvalue weighted by Gasteiger charge is 2.13. The summed E-state index contributed by atoms with van der Waals surface area (Å²) in [4.78, 5) is 23.8. The first kappa shape index (κ1) is 19.5. The van der Waals surface area contributed by atoms with E-state index >= 15 is 0 Å². The molecule has 0 aliphatic carbocycles. The van der Waals surface area contributed by atoms with Crippen LogP contribution in [-0.2, 0) is 16.0 Å². The molecule has 0 saturated heterocycles.